The van der Waals surface area contributed by atoms with Crippen molar-refractivity contribution in [1.29, 1.82) is 0 Å². The van der Waals surface area contributed by atoms with Crippen LogP contribution in [0.1, 0.15) is 25.7 Å². The minimum Gasteiger partial charge on any atom is -0.367 e. The molecule has 1 aliphatic heterocycles. The van der Waals surface area contributed by atoms with Crippen molar-refractivity contribution in [2.45, 2.75) is 31.2 Å². The minimum absolute atomic E-state index is 0.358. The van der Waals surface area contributed by atoms with E-state index in [0.29, 0.717) is 5.54 Å². The Hall–Kier alpha value is -0.250. The highest BCUT2D eigenvalue weighted by Crippen LogP contribution is 2.36. The Morgan fingerprint density at radius 1 is 1.28 bits per heavy atom. The molecular weight excluding hydrogens is 312 g/mol. The topological polar surface area (TPSA) is 15.3 Å². The minimum atomic E-state index is 0.358. The quantitative estimate of drug-likeness (QED) is 0.842. The fraction of sp³-hybridized carbons (Fsp3) is 0.571. The highest BCUT2D eigenvalue weighted by molar-refractivity contribution is 9.10. The molecule has 1 N–H and O–H groups in total. The summed E-state index contributed by atoms with van der Waals surface area (Å²) in [6.45, 7) is 3.27. The third kappa shape index (κ3) is 2.40. The first-order valence-corrected chi connectivity index (χ1v) is 7.81. The third-order valence-electron chi connectivity index (χ3n) is 4.19. The van der Waals surface area contributed by atoms with E-state index in [1.807, 2.05) is 12.1 Å². The third-order valence-corrected chi connectivity index (χ3v) is 5.06. The fourth-order valence-electron chi connectivity index (χ4n) is 3.29. The van der Waals surface area contributed by atoms with E-state index < -0.39 is 0 Å². The normalized spacial score (nSPS) is 22.7. The van der Waals surface area contributed by atoms with Crippen LogP contribution in [0.4, 0.5) is 5.69 Å². The number of hydrogen-bond acceptors (Lipinski definition) is 2. The zero-order chi connectivity index (χ0) is 12.6. The number of anilines is 1. The molecule has 1 aromatic rings. The molecule has 3 rings (SSSR count). The van der Waals surface area contributed by atoms with E-state index in [-0.39, 0.29) is 0 Å². The first kappa shape index (κ1) is 12.8. The standard InChI is InChI=1S/C14H18BrClN2/c15-12-9-11(16)3-4-13(12)18-8-7-17-14(10-18)5-1-2-6-14/h3-4,9,17H,1-2,5-8,10H2. The SMILES string of the molecule is Clc1ccc(N2CCNC3(CCCC3)C2)c(Br)c1. The van der Waals surface area contributed by atoms with E-state index in [0.717, 1.165) is 29.1 Å². The van der Waals surface area contributed by atoms with Crippen LogP contribution >= 0.6 is 27.5 Å². The van der Waals surface area contributed by atoms with Gasteiger partial charge in [0.25, 0.3) is 0 Å². The number of piperazine rings is 1. The molecule has 0 bridgehead atoms. The summed E-state index contributed by atoms with van der Waals surface area (Å²) in [6, 6.07) is 6.09. The summed E-state index contributed by atoms with van der Waals surface area (Å²) in [4.78, 5) is 2.49. The molecule has 0 amide bonds. The zero-order valence-electron chi connectivity index (χ0n) is 10.4. The van der Waals surface area contributed by atoms with Gasteiger partial charge in [-0.25, -0.2) is 0 Å². The van der Waals surface area contributed by atoms with E-state index >= 15 is 0 Å². The van der Waals surface area contributed by atoms with Crippen molar-refractivity contribution >= 4 is 33.2 Å². The second kappa shape index (κ2) is 5.03. The van der Waals surface area contributed by atoms with Gasteiger partial charge in [-0.05, 0) is 47.0 Å². The van der Waals surface area contributed by atoms with Crippen molar-refractivity contribution in [2.75, 3.05) is 24.5 Å². The first-order valence-electron chi connectivity index (χ1n) is 6.64. The Kier molecular flexibility index (Phi) is 3.57. The van der Waals surface area contributed by atoms with Crippen LogP contribution in [-0.4, -0.2) is 25.2 Å². The predicted octanol–water partition coefficient (Wildman–Crippen LogP) is 3.82. The van der Waals surface area contributed by atoms with E-state index in [1.165, 1.54) is 31.4 Å². The highest BCUT2D eigenvalue weighted by atomic mass is 79.9. The van der Waals surface area contributed by atoms with Crippen molar-refractivity contribution in [3.63, 3.8) is 0 Å². The lowest BCUT2D eigenvalue weighted by molar-refractivity contribution is 0.304. The van der Waals surface area contributed by atoms with Crippen molar-refractivity contribution in [3.05, 3.63) is 27.7 Å². The largest absolute Gasteiger partial charge is 0.367 e. The molecule has 2 fully saturated rings. The summed E-state index contributed by atoms with van der Waals surface area (Å²) in [7, 11) is 0. The predicted molar refractivity (Wildman–Crippen MR) is 80.6 cm³/mol. The van der Waals surface area contributed by atoms with Gasteiger partial charge in [-0.2, -0.15) is 0 Å². The molecule has 18 heavy (non-hydrogen) atoms. The molecule has 98 valence electrons. The zero-order valence-corrected chi connectivity index (χ0v) is 12.7. The number of nitrogens with one attached hydrogen (secondary N) is 1. The molecule has 1 spiro atoms. The van der Waals surface area contributed by atoms with Gasteiger partial charge in [0, 0.05) is 34.7 Å². The molecule has 1 aromatic carbocycles. The molecule has 0 radical (unpaired) electrons. The molecule has 4 heteroatoms. The Balaban J connectivity index is 1.83. The van der Waals surface area contributed by atoms with E-state index in [9.17, 15) is 0 Å². The van der Waals surface area contributed by atoms with Crippen molar-refractivity contribution < 1.29 is 0 Å². The van der Waals surface area contributed by atoms with Crippen LogP contribution in [0.2, 0.25) is 5.02 Å². The number of hydrogen-bond donors (Lipinski definition) is 1. The number of halogens is 2. The van der Waals surface area contributed by atoms with Gasteiger partial charge in [0.05, 0.1) is 5.69 Å². The molecule has 1 saturated heterocycles. The molecule has 2 aliphatic rings. The number of rotatable bonds is 1. The number of benzene rings is 1. The average molecular weight is 330 g/mol. The second-order valence-corrected chi connectivity index (χ2v) is 6.72. The Bertz CT molecular complexity index is 443. The van der Waals surface area contributed by atoms with Gasteiger partial charge in [-0.3, -0.25) is 0 Å². The van der Waals surface area contributed by atoms with Crippen molar-refractivity contribution in [3.8, 4) is 0 Å². The maximum atomic E-state index is 6.02. The highest BCUT2D eigenvalue weighted by Gasteiger charge is 2.37. The van der Waals surface area contributed by atoms with Crippen molar-refractivity contribution in [1.82, 2.24) is 5.32 Å². The summed E-state index contributed by atoms with van der Waals surface area (Å²) < 4.78 is 1.10. The van der Waals surface area contributed by atoms with E-state index in [2.05, 4.69) is 32.2 Å². The van der Waals surface area contributed by atoms with Crippen LogP contribution in [0.3, 0.4) is 0 Å². The summed E-state index contributed by atoms with van der Waals surface area (Å²) >= 11 is 9.65. The van der Waals surface area contributed by atoms with Crippen LogP contribution in [0.25, 0.3) is 0 Å². The molecule has 0 aromatic heterocycles. The van der Waals surface area contributed by atoms with Gasteiger partial charge < -0.3 is 10.2 Å². The number of nitrogens with zero attached hydrogens (tertiary/aromatic N) is 1. The lowest BCUT2D eigenvalue weighted by Crippen LogP contribution is -2.59. The van der Waals surface area contributed by atoms with Gasteiger partial charge in [-0.15, -0.1) is 0 Å². The van der Waals surface area contributed by atoms with Crippen LogP contribution in [-0.2, 0) is 0 Å². The summed E-state index contributed by atoms with van der Waals surface area (Å²) in [6.07, 6.45) is 5.36. The fourth-order valence-corrected chi connectivity index (χ4v) is 4.22. The monoisotopic (exact) mass is 328 g/mol. The van der Waals surface area contributed by atoms with Crippen molar-refractivity contribution in [2.24, 2.45) is 0 Å². The Morgan fingerprint density at radius 2 is 2.06 bits per heavy atom. The van der Waals surface area contributed by atoms with Crippen LogP contribution < -0.4 is 10.2 Å². The summed E-state index contributed by atoms with van der Waals surface area (Å²) in [5.41, 5.74) is 1.63. The lowest BCUT2D eigenvalue weighted by atomic mass is 9.94. The van der Waals surface area contributed by atoms with Crippen LogP contribution in [0.15, 0.2) is 22.7 Å². The van der Waals surface area contributed by atoms with E-state index in [4.69, 9.17) is 11.6 Å². The van der Waals surface area contributed by atoms with Gasteiger partial charge in [0.2, 0.25) is 0 Å². The summed E-state index contributed by atoms with van der Waals surface area (Å²) in [5.74, 6) is 0. The Labute approximate surface area is 122 Å². The van der Waals surface area contributed by atoms with Crippen LogP contribution in [0.5, 0.6) is 0 Å². The molecule has 2 nitrogen and oxygen atoms in total. The van der Waals surface area contributed by atoms with Gasteiger partial charge in [0.15, 0.2) is 0 Å². The maximum absolute atomic E-state index is 6.02. The molecule has 1 heterocycles. The molecule has 0 unspecified atom stereocenters. The lowest BCUT2D eigenvalue weighted by Gasteiger charge is -2.43. The maximum Gasteiger partial charge on any atom is 0.0512 e. The second-order valence-electron chi connectivity index (χ2n) is 5.43. The molecule has 1 saturated carbocycles. The summed E-state index contributed by atoms with van der Waals surface area (Å²) in [5, 5.41) is 4.53. The van der Waals surface area contributed by atoms with Gasteiger partial charge in [-0.1, -0.05) is 24.4 Å². The first-order chi connectivity index (χ1) is 8.69. The van der Waals surface area contributed by atoms with Crippen LogP contribution in [0, 0.1) is 0 Å². The molecule has 1 aliphatic carbocycles. The average Bonchev–Trinajstić information content (AvgIpc) is 2.77. The van der Waals surface area contributed by atoms with Gasteiger partial charge >= 0.3 is 0 Å². The smallest absolute Gasteiger partial charge is 0.0512 e. The molecule has 0 atom stereocenters. The molecular formula is C14H18BrClN2. The van der Waals surface area contributed by atoms with E-state index in [1.54, 1.807) is 0 Å². The Morgan fingerprint density at radius 3 is 2.78 bits per heavy atom. The van der Waals surface area contributed by atoms with Gasteiger partial charge in [0.1, 0.15) is 0 Å².